The Bertz CT molecular complexity index is 700. The van der Waals surface area contributed by atoms with Gasteiger partial charge in [-0.3, -0.25) is 0 Å². The van der Waals surface area contributed by atoms with Crippen molar-refractivity contribution in [2.24, 2.45) is 5.92 Å². The van der Waals surface area contributed by atoms with Gasteiger partial charge in [0.1, 0.15) is 17.5 Å². The molecule has 7 heteroatoms. The first kappa shape index (κ1) is 24.0. The molecule has 1 aliphatic rings. The smallest absolute Gasteiger partial charge is 0.408 e. The molecule has 1 aliphatic heterocycles. The van der Waals surface area contributed by atoms with E-state index in [0.717, 1.165) is 19.3 Å². The van der Waals surface area contributed by atoms with Crippen LogP contribution in [0.15, 0.2) is 24.3 Å². The predicted octanol–water partition coefficient (Wildman–Crippen LogP) is 4.40. The minimum absolute atomic E-state index is 0.0801. The number of hydrogen-bond donors (Lipinski definition) is 1. The molecule has 1 unspecified atom stereocenters. The van der Waals surface area contributed by atoms with Gasteiger partial charge in [0.15, 0.2) is 6.29 Å². The van der Waals surface area contributed by atoms with E-state index in [1.807, 2.05) is 34.6 Å². The van der Waals surface area contributed by atoms with Crippen molar-refractivity contribution in [2.75, 3.05) is 13.2 Å². The van der Waals surface area contributed by atoms with Gasteiger partial charge in [0.05, 0.1) is 24.3 Å². The van der Waals surface area contributed by atoms with Crippen LogP contribution in [0.2, 0.25) is 0 Å². The van der Waals surface area contributed by atoms with Gasteiger partial charge in [-0.2, -0.15) is 5.26 Å². The summed E-state index contributed by atoms with van der Waals surface area (Å²) in [6.45, 7) is 10.4. The summed E-state index contributed by atoms with van der Waals surface area (Å²) in [5.74, 6) is 0.703. The van der Waals surface area contributed by atoms with Crippen molar-refractivity contribution in [3.8, 4) is 11.8 Å². The van der Waals surface area contributed by atoms with Gasteiger partial charge in [0.2, 0.25) is 0 Å². The highest BCUT2D eigenvalue weighted by atomic mass is 16.7. The number of nitrogens with zero attached hydrogens (tertiary/aromatic N) is 1. The number of nitriles is 1. The highest BCUT2D eigenvalue weighted by Gasteiger charge is 2.31. The fourth-order valence-corrected chi connectivity index (χ4v) is 3.18. The Hall–Kier alpha value is -2.30. The second-order valence-electron chi connectivity index (χ2n) is 8.84. The molecule has 0 aliphatic carbocycles. The Morgan fingerprint density at radius 3 is 2.50 bits per heavy atom. The fourth-order valence-electron chi connectivity index (χ4n) is 3.18. The van der Waals surface area contributed by atoms with Gasteiger partial charge in [0, 0.05) is 6.61 Å². The quantitative estimate of drug-likeness (QED) is 0.673. The number of rotatable bonds is 8. The summed E-state index contributed by atoms with van der Waals surface area (Å²) in [7, 11) is 0. The van der Waals surface area contributed by atoms with E-state index in [2.05, 4.69) is 11.4 Å². The van der Waals surface area contributed by atoms with Crippen LogP contribution in [0.3, 0.4) is 0 Å². The Morgan fingerprint density at radius 2 is 1.97 bits per heavy atom. The first-order valence-corrected chi connectivity index (χ1v) is 10.6. The second-order valence-corrected chi connectivity index (χ2v) is 8.84. The fraction of sp³-hybridized carbons (Fsp3) is 0.652. The predicted molar refractivity (Wildman–Crippen MR) is 113 cm³/mol. The van der Waals surface area contributed by atoms with E-state index < -0.39 is 17.7 Å². The lowest BCUT2D eigenvalue weighted by atomic mass is 9.99. The third-order valence-electron chi connectivity index (χ3n) is 4.61. The van der Waals surface area contributed by atoms with Crippen molar-refractivity contribution >= 4 is 6.09 Å². The Labute approximate surface area is 179 Å². The topological polar surface area (TPSA) is 89.8 Å². The SMILES string of the molecule is CC(C)[C@H](Oc1ccc(C#N)cc1)[C@@H](COC1CCCCO1)NC(=O)OC(C)(C)C. The van der Waals surface area contributed by atoms with Crippen LogP contribution in [0.1, 0.15) is 59.4 Å². The highest BCUT2D eigenvalue weighted by Crippen LogP contribution is 2.21. The molecule has 30 heavy (non-hydrogen) atoms. The molecule has 1 heterocycles. The Kier molecular flexibility index (Phi) is 8.94. The lowest BCUT2D eigenvalue weighted by Gasteiger charge is -2.33. The van der Waals surface area contributed by atoms with Gasteiger partial charge in [-0.15, -0.1) is 0 Å². The molecule has 0 spiro atoms. The molecule has 3 atom stereocenters. The molecule has 0 radical (unpaired) electrons. The standard InChI is InChI=1S/C23H34N2O5/c1-16(2)21(29-18-11-9-17(14-24)10-12-18)19(25-22(26)30-23(3,4)5)15-28-20-8-6-7-13-27-20/h9-12,16,19-21H,6-8,13,15H2,1-5H3,(H,25,26)/t19-,20?,21+/m1/s1. The Balaban J connectivity index is 2.13. The third kappa shape index (κ3) is 8.21. The number of alkyl carbamates (subject to hydrolysis) is 1. The number of carbonyl (C=O) groups excluding carboxylic acids is 1. The van der Waals surface area contributed by atoms with Crippen molar-refractivity contribution in [1.29, 1.82) is 5.26 Å². The number of carbonyl (C=O) groups is 1. The van der Waals surface area contributed by atoms with Crippen molar-refractivity contribution in [2.45, 2.75) is 77.9 Å². The van der Waals surface area contributed by atoms with Crippen LogP contribution >= 0.6 is 0 Å². The first-order valence-electron chi connectivity index (χ1n) is 10.6. The maximum atomic E-state index is 12.5. The van der Waals surface area contributed by atoms with Gasteiger partial charge >= 0.3 is 6.09 Å². The molecule has 1 amide bonds. The van der Waals surface area contributed by atoms with E-state index in [4.69, 9.17) is 24.2 Å². The van der Waals surface area contributed by atoms with Crippen molar-refractivity contribution in [3.05, 3.63) is 29.8 Å². The zero-order valence-electron chi connectivity index (χ0n) is 18.6. The van der Waals surface area contributed by atoms with Crippen LogP contribution < -0.4 is 10.1 Å². The molecular weight excluding hydrogens is 384 g/mol. The minimum atomic E-state index is -0.608. The first-order chi connectivity index (χ1) is 14.2. The summed E-state index contributed by atoms with van der Waals surface area (Å²) in [5, 5.41) is 11.9. The summed E-state index contributed by atoms with van der Waals surface area (Å²) in [6, 6.07) is 8.57. The van der Waals surface area contributed by atoms with Crippen LogP contribution in [0.4, 0.5) is 4.79 Å². The zero-order valence-corrected chi connectivity index (χ0v) is 18.6. The van der Waals surface area contributed by atoms with Crippen LogP contribution in [-0.2, 0) is 14.2 Å². The van der Waals surface area contributed by atoms with E-state index in [9.17, 15) is 4.79 Å². The van der Waals surface area contributed by atoms with Gasteiger partial charge < -0.3 is 24.3 Å². The van der Waals surface area contributed by atoms with E-state index in [0.29, 0.717) is 17.9 Å². The number of ether oxygens (including phenoxy) is 4. The average molecular weight is 419 g/mol. The van der Waals surface area contributed by atoms with Crippen LogP contribution in [0.5, 0.6) is 5.75 Å². The number of amides is 1. The van der Waals surface area contributed by atoms with E-state index in [1.165, 1.54) is 0 Å². The number of nitrogens with one attached hydrogen (secondary N) is 1. The number of benzene rings is 1. The zero-order chi connectivity index (χ0) is 22.1. The van der Waals surface area contributed by atoms with Crippen LogP contribution in [-0.4, -0.2) is 43.3 Å². The van der Waals surface area contributed by atoms with Gasteiger partial charge in [-0.25, -0.2) is 4.79 Å². The molecule has 0 aromatic heterocycles. The third-order valence-corrected chi connectivity index (χ3v) is 4.61. The maximum Gasteiger partial charge on any atom is 0.408 e. The molecule has 166 valence electrons. The van der Waals surface area contributed by atoms with Gasteiger partial charge in [-0.1, -0.05) is 13.8 Å². The van der Waals surface area contributed by atoms with Crippen molar-refractivity contribution in [1.82, 2.24) is 5.32 Å². The minimum Gasteiger partial charge on any atom is -0.488 e. The average Bonchev–Trinajstić information content (AvgIpc) is 2.69. The molecule has 1 N–H and O–H groups in total. The molecule has 1 aromatic rings. The summed E-state index contributed by atoms with van der Waals surface area (Å²) in [5.41, 5.74) is -0.0480. The molecule has 2 rings (SSSR count). The van der Waals surface area contributed by atoms with Gasteiger partial charge in [0.25, 0.3) is 0 Å². The molecule has 1 fully saturated rings. The van der Waals surface area contributed by atoms with Crippen molar-refractivity contribution < 1.29 is 23.7 Å². The molecule has 7 nitrogen and oxygen atoms in total. The van der Waals surface area contributed by atoms with Gasteiger partial charge in [-0.05, 0) is 70.2 Å². The normalized spacial score (nSPS) is 18.9. The van der Waals surface area contributed by atoms with E-state index in [-0.39, 0.29) is 24.9 Å². The lowest BCUT2D eigenvalue weighted by Crippen LogP contribution is -2.52. The van der Waals surface area contributed by atoms with Crippen molar-refractivity contribution in [3.63, 3.8) is 0 Å². The monoisotopic (exact) mass is 418 g/mol. The lowest BCUT2D eigenvalue weighted by molar-refractivity contribution is -0.169. The largest absolute Gasteiger partial charge is 0.488 e. The second kappa shape index (κ2) is 11.2. The summed E-state index contributed by atoms with van der Waals surface area (Å²) < 4.78 is 23.3. The molecule has 0 saturated carbocycles. The van der Waals surface area contributed by atoms with Crippen LogP contribution in [0.25, 0.3) is 0 Å². The van der Waals surface area contributed by atoms with E-state index >= 15 is 0 Å². The summed E-state index contributed by atoms with van der Waals surface area (Å²) in [6.07, 6.45) is 1.77. The Morgan fingerprint density at radius 1 is 1.27 bits per heavy atom. The summed E-state index contributed by atoms with van der Waals surface area (Å²) >= 11 is 0. The maximum absolute atomic E-state index is 12.5. The molecule has 1 aromatic carbocycles. The van der Waals surface area contributed by atoms with E-state index in [1.54, 1.807) is 24.3 Å². The molecule has 0 bridgehead atoms. The highest BCUT2D eigenvalue weighted by molar-refractivity contribution is 5.68. The molecular formula is C23H34N2O5. The number of hydrogen-bond acceptors (Lipinski definition) is 6. The van der Waals surface area contributed by atoms with Crippen LogP contribution in [0, 0.1) is 17.2 Å². The summed E-state index contributed by atoms with van der Waals surface area (Å²) in [4.78, 5) is 12.5. The molecule has 1 saturated heterocycles.